The maximum atomic E-state index is 6.47. The second kappa shape index (κ2) is 11.7. The Morgan fingerprint density at radius 1 is 0.333 bits per heavy atom. The van der Waals surface area contributed by atoms with E-state index in [2.05, 4.69) is 187 Å². The zero-order chi connectivity index (χ0) is 39.1. The van der Waals surface area contributed by atoms with Crippen LogP contribution in [-0.4, -0.2) is 19.5 Å². The summed E-state index contributed by atoms with van der Waals surface area (Å²) in [7, 11) is 0. The molecule has 60 heavy (non-hydrogen) atoms. The molecule has 0 saturated carbocycles. The van der Waals surface area contributed by atoms with Crippen molar-refractivity contribution in [2.75, 3.05) is 0 Å². The Morgan fingerprint density at radius 3 is 1.83 bits per heavy atom. The third-order valence-corrected chi connectivity index (χ3v) is 12.7. The van der Waals surface area contributed by atoms with Crippen LogP contribution >= 0.6 is 0 Å². The first-order chi connectivity index (χ1) is 29.7. The molecule has 14 rings (SSSR count). The zero-order valence-corrected chi connectivity index (χ0v) is 32.0. The van der Waals surface area contributed by atoms with Crippen molar-refractivity contribution in [3.8, 4) is 51.0 Å². The van der Waals surface area contributed by atoms with Crippen molar-refractivity contribution >= 4 is 86.8 Å². The summed E-state index contributed by atoms with van der Waals surface area (Å²) in [5.41, 5.74) is 10.5. The molecule has 0 fully saturated rings. The van der Waals surface area contributed by atoms with Crippen molar-refractivity contribution < 1.29 is 4.42 Å². The van der Waals surface area contributed by atoms with Gasteiger partial charge in [0.15, 0.2) is 17.5 Å². The molecule has 3 heterocycles. The Kier molecular flexibility index (Phi) is 6.23. The van der Waals surface area contributed by atoms with Crippen LogP contribution in [0.25, 0.3) is 138 Å². The first-order valence-electron chi connectivity index (χ1n) is 20.3. The summed E-state index contributed by atoms with van der Waals surface area (Å²) in [6.07, 6.45) is 0. The molecule has 0 amide bonds. The second-order valence-corrected chi connectivity index (χ2v) is 15.9. The average Bonchev–Trinajstić information content (AvgIpc) is 3.83. The van der Waals surface area contributed by atoms with Gasteiger partial charge in [-0.3, -0.25) is 0 Å². The average molecular weight is 763 g/mol. The molecule has 0 aliphatic heterocycles. The fourth-order valence-corrected chi connectivity index (χ4v) is 10.1. The highest BCUT2D eigenvalue weighted by atomic mass is 16.3. The minimum Gasteiger partial charge on any atom is -0.456 e. The van der Waals surface area contributed by atoms with Gasteiger partial charge in [0.2, 0.25) is 0 Å². The summed E-state index contributed by atoms with van der Waals surface area (Å²) >= 11 is 0. The maximum absolute atomic E-state index is 6.47. The van der Waals surface area contributed by atoms with Gasteiger partial charge in [-0.2, -0.15) is 0 Å². The number of benzene rings is 10. The highest BCUT2D eigenvalue weighted by Crippen LogP contribution is 2.50. The van der Waals surface area contributed by atoms with Crippen LogP contribution < -0.4 is 0 Å². The molecule has 0 N–H and O–H groups in total. The van der Waals surface area contributed by atoms with Crippen molar-refractivity contribution in [3.05, 3.63) is 182 Å². The van der Waals surface area contributed by atoms with Crippen LogP contribution in [0.4, 0.5) is 0 Å². The quantitative estimate of drug-likeness (QED) is 0.168. The smallest absolute Gasteiger partial charge is 0.164 e. The summed E-state index contributed by atoms with van der Waals surface area (Å²) in [5.74, 6) is 1.91. The molecular formula is C55H30N4O. The number of nitrogens with zero attached hydrogens (tertiary/aromatic N) is 4. The van der Waals surface area contributed by atoms with Crippen LogP contribution in [0, 0.1) is 0 Å². The van der Waals surface area contributed by atoms with Gasteiger partial charge in [-0.1, -0.05) is 121 Å². The predicted molar refractivity (Wildman–Crippen MR) is 247 cm³/mol. The summed E-state index contributed by atoms with van der Waals surface area (Å²) in [6, 6.07) is 64.8. The largest absolute Gasteiger partial charge is 0.456 e. The molecule has 0 bridgehead atoms. The molecule has 3 aromatic heterocycles. The molecule has 10 aromatic carbocycles. The topological polar surface area (TPSA) is 56.7 Å². The molecule has 0 saturated heterocycles. The number of fused-ring (bicyclic) bond motifs is 5. The van der Waals surface area contributed by atoms with Crippen LogP contribution in [0.5, 0.6) is 0 Å². The molecule has 0 radical (unpaired) electrons. The Hall–Kier alpha value is -8.15. The fraction of sp³-hybridized carbons (Fsp3) is 0. The van der Waals surface area contributed by atoms with Crippen molar-refractivity contribution in [1.29, 1.82) is 0 Å². The van der Waals surface area contributed by atoms with Gasteiger partial charge in [-0.15, -0.1) is 0 Å². The number of hydrogen-bond acceptors (Lipinski definition) is 4. The molecule has 0 spiro atoms. The monoisotopic (exact) mass is 762 g/mol. The van der Waals surface area contributed by atoms with Crippen molar-refractivity contribution in [3.63, 3.8) is 0 Å². The van der Waals surface area contributed by atoms with E-state index in [0.717, 1.165) is 55.2 Å². The number of rotatable bonds is 4. The Balaban J connectivity index is 0.985. The van der Waals surface area contributed by atoms with E-state index in [-0.39, 0.29) is 0 Å². The Labute approximate surface area is 342 Å². The standard InChI is InChI=1S/C55H30N4O/c1-2-10-34-29-36(20-19-31(34)9-1)54-56-53(57-55(58-54)43-30-35-11-3-4-12-38(35)39-13-5-6-14-40(39)43)33-21-25-37(26-22-33)59-44-17-7-15-41-42-16-8-18-46-50(42)52-47(60-46)28-24-32-23-27-45(59)51(48(32)52)49(41)44/h1-30H. The van der Waals surface area contributed by atoms with Gasteiger partial charge in [0.25, 0.3) is 0 Å². The second-order valence-electron chi connectivity index (χ2n) is 15.9. The van der Waals surface area contributed by atoms with E-state index in [0.29, 0.717) is 17.5 Å². The Bertz CT molecular complexity index is 4010. The fourth-order valence-electron chi connectivity index (χ4n) is 10.1. The number of aromatic nitrogens is 4. The van der Waals surface area contributed by atoms with E-state index in [9.17, 15) is 0 Å². The van der Waals surface area contributed by atoms with E-state index in [1.165, 1.54) is 65.1 Å². The van der Waals surface area contributed by atoms with Crippen LogP contribution in [0.1, 0.15) is 0 Å². The van der Waals surface area contributed by atoms with E-state index in [1.807, 2.05) is 0 Å². The first kappa shape index (κ1) is 31.9. The van der Waals surface area contributed by atoms with Crippen LogP contribution in [-0.2, 0) is 0 Å². The molecule has 0 unspecified atom stereocenters. The molecule has 1 aliphatic carbocycles. The third-order valence-electron chi connectivity index (χ3n) is 12.7. The van der Waals surface area contributed by atoms with Gasteiger partial charge >= 0.3 is 0 Å². The van der Waals surface area contributed by atoms with Gasteiger partial charge in [0, 0.05) is 49.3 Å². The summed E-state index contributed by atoms with van der Waals surface area (Å²) in [4.78, 5) is 15.7. The lowest BCUT2D eigenvalue weighted by Crippen LogP contribution is -2.01. The van der Waals surface area contributed by atoms with E-state index >= 15 is 0 Å². The molecule has 5 heteroatoms. The first-order valence-corrected chi connectivity index (χ1v) is 20.3. The van der Waals surface area contributed by atoms with Gasteiger partial charge in [-0.25, -0.2) is 15.0 Å². The summed E-state index contributed by atoms with van der Waals surface area (Å²) in [6.45, 7) is 0. The molecule has 276 valence electrons. The summed E-state index contributed by atoms with van der Waals surface area (Å²) in [5, 5.41) is 14.3. The number of hydrogen-bond donors (Lipinski definition) is 0. The highest BCUT2D eigenvalue weighted by molar-refractivity contribution is 6.37. The normalized spacial score (nSPS) is 12.3. The van der Waals surface area contributed by atoms with Gasteiger partial charge in [0.1, 0.15) is 11.2 Å². The van der Waals surface area contributed by atoms with Gasteiger partial charge < -0.3 is 8.98 Å². The Morgan fingerprint density at radius 2 is 0.967 bits per heavy atom. The zero-order valence-electron chi connectivity index (χ0n) is 32.0. The molecule has 1 aliphatic rings. The van der Waals surface area contributed by atoms with Crippen molar-refractivity contribution in [2.45, 2.75) is 0 Å². The lowest BCUT2D eigenvalue weighted by Gasteiger charge is -2.13. The SMILES string of the molecule is c1ccc2cc(-c3nc(-c4ccc(-n5c6cccc7c6c6c8c(ccc9oc%10cccc-7c%10c98)ccc65)cc4)nc(-c4cc5ccccc5c5ccccc45)n3)ccc2c1. The van der Waals surface area contributed by atoms with Crippen LogP contribution in [0.2, 0.25) is 0 Å². The van der Waals surface area contributed by atoms with E-state index < -0.39 is 0 Å². The highest BCUT2D eigenvalue weighted by Gasteiger charge is 2.26. The summed E-state index contributed by atoms with van der Waals surface area (Å²) < 4.78 is 8.88. The minimum absolute atomic E-state index is 0.625. The molecule has 5 nitrogen and oxygen atoms in total. The van der Waals surface area contributed by atoms with E-state index in [1.54, 1.807) is 0 Å². The lowest BCUT2D eigenvalue weighted by atomic mass is 9.97. The van der Waals surface area contributed by atoms with E-state index in [4.69, 9.17) is 19.4 Å². The molecule has 0 atom stereocenters. The third kappa shape index (κ3) is 4.32. The number of furan rings is 1. The van der Waals surface area contributed by atoms with Crippen molar-refractivity contribution in [1.82, 2.24) is 19.5 Å². The van der Waals surface area contributed by atoms with Gasteiger partial charge in [-0.05, 0) is 109 Å². The maximum Gasteiger partial charge on any atom is 0.164 e. The molecular weight excluding hydrogens is 733 g/mol. The lowest BCUT2D eigenvalue weighted by molar-refractivity contribution is 0.669. The van der Waals surface area contributed by atoms with Crippen LogP contribution in [0.3, 0.4) is 0 Å². The van der Waals surface area contributed by atoms with Crippen LogP contribution in [0.15, 0.2) is 186 Å². The minimum atomic E-state index is 0.625. The van der Waals surface area contributed by atoms with Gasteiger partial charge in [0.05, 0.1) is 11.0 Å². The molecule has 13 aromatic rings. The predicted octanol–water partition coefficient (Wildman–Crippen LogP) is 14.5. The van der Waals surface area contributed by atoms with Crippen molar-refractivity contribution in [2.24, 2.45) is 0 Å².